The molecule has 1 aliphatic rings. The Labute approximate surface area is 85.3 Å². The van der Waals surface area contributed by atoms with E-state index < -0.39 is 21.2 Å². The van der Waals surface area contributed by atoms with Crippen molar-refractivity contribution in [2.45, 2.75) is 16.9 Å². The molecule has 0 saturated carbocycles. The number of hydrogen-bond donors (Lipinski definition) is 0. The standard InChI is InChI=1S/C9H7.3CH3.Pb/c1-2-5-9-7-3-6-8(9)4-1;;;;/h1-7H;3*1H3;. The SMILES string of the molecule is [CH3][Pb]([CH3])([CH3])[CH]1C=Cc2ccccc21. The van der Waals surface area contributed by atoms with Gasteiger partial charge >= 0.3 is 85.6 Å². The molecule has 1 aromatic carbocycles. The molecule has 0 N–H and O–H groups in total. The molecule has 0 heterocycles. The Bertz CT molecular complexity index is 344. The first-order chi connectivity index (χ1) is 6.09. The fourth-order valence-electron chi connectivity index (χ4n) is 2.00. The molecule has 68 valence electrons. The second-order valence-electron chi connectivity index (χ2n) is 4.83. The van der Waals surface area contributed by atoms with Gasteiger partial charge in [0.2, 0.25) is 0 Å². The molecule has 0 spiro atoms. The first kappa shape index (κ1) is 9.44. The third-order valence-electron chi connectivity index (χ3n) is 2.73. The molecule has 2 rings (SSSR count). The zero-order valence-corrected chi connectivity index (χ0v) is 12.4. The van der Waals surface area contributed by atoms with E-state index in [1.165, 1.54) is 5.56 Å². The Balaban J connectivity index is 2.45. The predicted octanol–water partition coefficient (Wildman–Crippen LogP) is 3.67. The molecule has 0 radical (unpaired) electrons. The van der Waals surface area contributed by atoms with Crippen molar-refractivity contribution in [3.63, 3.8) is 0 Å². The van der Waals surface area contributed by atoms with Crippen molar-refractivity contribution in [3.8, 4) is 0 Å². The first-order valence-corrected chi connectivity index (χ1v) is 18.8. The van der Waals surface area contributed by atoms with E-state index in [1.54, 1.807) is 5.56 Å². The molecule has 1 aromatic rings. The maximum absolute atomic E-state index is 2.52. The molecule has 0 saturated heterocycles. The van der Waals surface area contributed by atoms with Crippen LogP contribution in [0.2, 0.25) is 13.4 Å². The Morgan fingerprint density at radius 3 is 2.46 bits per heavy atom. The molecule has 0 nitrogen and oxygen atoms in total. The van der Waals surface area contributed by atoms with Gasteiger partial charge in [-0.1, -0.05) is 0 Å². The summed E-state index contributed by atoms with van der Waals surface area (Å²) in [5, 5.41) is 0. The minimum atomic E-state index is -1.90. The molecule has 0 bridgehead atoms. The predicted molar refractivity (Wildman–Crippen MR) is 61.6 cm³/mol. The number of hydrogen-bond acceptors (Lipinski definition) is 0. The average Bonchev–Trinajstić information content (AvgIpc) is 2.45. The molecule has 0 aliphatic heterocycles. The minimum absolute atomic E-state index is 0.809. The number of rotatable bonds is 1. The van der Waals surface area contributed by atoms with Crippen molar-refractivity contribution >= 4 is 27.2 Å². The van der Waals surface area contributed by atoms with Crippen molar-refractivity contribution in [1.82, 2.24) is 0 Å². The molecule has 0 amide bonds. The summed E-state index contributed by atoms with van der Waals surface area (Å²) in [7, 11) is 0. The van der Waals surface area contributed by atoms with Crippen LogP contribution >= 0.6 is 0 Å². The molecule has 0 fully saturated rings. The van der Waals surface area contributed by atoms with Gasteiger partial charge in [0.15, 0.2) is 0 Å². The summed E-state index contributed by atoms with van der Waals surface area (Å²) in [6, 6.07) is 8.82. The topological polar surface area (TPSA) is 0 Å². The Kier molecular flexibility index (Phi) is 2.34. The van der Waals surface area contributed by atoms with E-state index in [4.69, 9.17) is 0 Å². The Morgan fingerprint density at radius 2 is 1.77 bits per heavy atom. The molecule has 1 atom stereocenters. The molecule has 1 heteroatoms. The van der Waals surface area contributed by atoms with Crippen LogP contribution in [0.1, 0.15) is 14.6 Å². The van der Waals surface area contributed by atoms with Crippen molar-refractivity contribution in [2.24, 2.45) is 0 Å². The fourth-order valence-corrected chi connectivity index (χ4v) is 9.27. The van der Waals surface area contributed by atoms with Gasteiger partial charge in [-0.05, 0) is 0 Å². The fraction of sp³-hybridized carbons (Fsp3) is 0.333. The maximum atomic E-state index is 2.52. The van der Waals surface area contributed by atoms with Gasteiger partial charge in [-0.2, -0.15) is 0 Å². The van der Waals surface area contributed by atoms with Crippen LogP contribution in [0.4, 0.5) is 0 Å². The summed E-state index contributed by atoms with van der Waals surface area (Å²) in [6.07, 6.45) is 4.72. The van der Waals surface area contributed by atoms with Crippen molar-refractivity contribution in [1.29, 1.82) is 0 Å². The van der Waals surface area contributed by atoms with E-state index in [-0.39, 0.29) is 0 Å². The van der Waals surface area contributed by atoms with Crippen LogP contribution in [0, 0.1) is 0 Å². The second kappa shape index (κ2) is 3.23. The van der Waals surface area contributed by atoms with Gasteiger partial charge < -0.3 is 0 Å². The molecule has 1 unspecified atom stereocenters. The molecular formula is C12H16Pb. The molecule has 0 aromatic heterocycles. The van der Waals surface area contributed by atoms with E-state index in [0.29, 0.717) is 0 Å². The van der Waals surface area contributed by atoms with Gasteiger partial charge in [0.1, 0.15) is 0 Å². The summed E-state index contributed by atoms with van der Waals surface area (Å²) < 4.78 is 8.36. The van der Waals surface area contributed by atoms with Gasteiger partial charge in [-0.3, -0.25) is 0 Å². The van der Waals surface area contributed by atoms with Gasteiger partial charge in [0.05, 0.1) is 0 Å². The third kappa shape index (κ3) is 1.73. The third-order valence-corrected chi connectivity index (χ3v) is 11.9. The van der Waals surface area contributed by atoms with Gasteiger partial charge in [-0.15, -0.1) is 0 Å². The van der Waals surface area contributed by atoms with Crippen LogP contribution in [0.25, 0.3) is 6.08 Å². The van der Waals surface area contributed by atoms with Crippen molar-refractivity contribution in [3.05, 3.63) is 41.5 Å². The van der Waals surface area contributed by atoms with E-state index in [1.807, 2.05) is 0 Å². The number of allylic oxidation sites excluding steroid dienone is 1. The number of fused-ring (bicyclic) bond motifs is 1. The summed E-state index contributed by atoms with van der Waals surface area (Å²) in [5.74, 6) is 0. The zero-order chi connectivity index (χ0) is 9.47. The zero-order valence-electron chi connectivity index (χ0n) is 8.54. The molecule has 13 heavy (non-hydrogen) atoms. The summed E-state index contributed by atoms with van der Waals surface area (Å²) in [6.45, 7) is 0. The normalized spacial score (nSPS) is 20.4. The quantitative estimate of drug-likeness (QED) is 0.665. The van der Waals surface area contributed by atoms with E-state index in [2.05, 4.69) is 49.9 Å². The number of benzene rings is 1. The second-order valence-corrected chi connectivity index (χ2v) is 25.6. The van der Waals surface area contributed by atoms with Crippen LogP contribution in [0.5, 0.6) is 0 Å². The van der Waals surface area contributed by atoms with Crippen LogP contribution in [-0.4, -0.2) is 21.2 Å². The Morgan fingerprint density at radius 1 is 1.08 bits per heavy atom. The van der Waals surface area contributed by atoms with Gasteiger partial charge in [-0.25, -0.2) is 0 Å². The van der Waals surface area contributed by atoms with Crippen LogP contribution in [-0.2, 0) is 0 Å². The van der Waals surface area contributed by atoms with Crippen molar-refractivity contribution in [2.75, 3.05) is 0 Å². The van der Waals surface area contributed by atoms with Crippen molar-refractivity contribution < 1.29 is 0 Å². The van der Waals surface area contributed by atoms with Gasteiger partial charge in [0.25, 0.3) is 0 Å². The van der Waals surface area contributed by atoms with Crippen LogP contribution in [0.3, 0.4) is 0 Å². The van der Waals surface area contributed by atoms with E-state index in [0.717, 1.165) is 3.48 Å². The van der Waals surface area contributed by atoms with Crippen LogP contribution < -0.4 is 0 Å². The Hall–Kier alpha value is -0.118. The summed E-state index contributed by atoms with van der Waals surface area (Å²) >= 11 is -1.90. The summed E-state index contributed by atoms with van der Waals surface area (Å²) in [4.78, 5) is 0. The summed E-state index contributed by atoms with van der Waals surface area (Å²) in [5.41, 5.74) is 3.03. The van der Waals surface area contributed by atoms with E-state index in [9.17, 15) is 0 Å². The van der Waals surface area contributed by atoms with E-state index >= 15 is 0 Å². The molecule has 1 aliphatic carbocycles. The first-order valence-electron chi connectivity index (χ1n) is 4.86. The van der Waals surface area contributed by atoms with Crippen LogP contribution in [0.15, 0.2) is 30.3 Å². The van der Waals surface area contributed by atoms with Gasteiger partial charge in [0, 0.05) is 0 Å². The molecular weight excluding hydrogens is 351 g/mol. The monoisotopic (exact) mass is 368 g/mol. The average molecular weight is 367 g/mol.